The van der Waals surface area contributed by atoms with Gasteiger partial charge in [0.1, 0.15) is 11.4 Å². The first-order valence-electron chi connectivity index (χ1n) is 14.4. The number of aromatic amines is 1. The fourth-order valence-electron chi connectivity index (χ4n) is 4.33. The Morgan fingerprint density at radius 1 is 1.00 bits per heavy atom. The molecule has 2 aromatic heterocycles. The molecule has 1 saturated heterocycles. The Morgan fingerprint density at radius 3 is 2.32 bits per heavy atom. The number of amides is 1. The molecule has 1 amide bonds. The predicted molar refractivity (Wildman–Crippen MR) is 162 cm³/mol. The summed E-state index contributed by atoms with van der Waals surface area (Å²) in [6.07, 6.45) is 1.77. The first kappa shape index (κ1) is 31.5. The van der Waals surface area contributed by atoms with Crippen LogP contribution in [0.15, 0.2) is 41.3 Å². The average Bonchev–Trinajstić information content (AvgIpc) is 2.98. The molecule has 0 atom stereocenters. The highest BCUT2D eigenvalue weighted by atomic mass is 16.6. The van der Waals surface area contributed by atoms with E-state index in [1.807, 2.05) is 72.7 Å². The minimum absolute atomic E-state index is 0.229. The third-order valence-electron chi connectivity index (χ3n) is 6.08. The van der Waals surface area contributed by atoms with Crippen LogP contribution < -0.4 is 15.8 Å². The van der Waals surface area contributed by atoms with E-state index in [1.165, 1.54) is 12.3 Å². The van der Waals surface area contributed by atoms with E-state index in [9.17, 15) is 9.59 Å². The maximum atomic E-state index is 12.8. The molecule has 0 radical (unpaired) electrons. The van der Waals surface area contributed by atoms with Gasteiger partial charge < -0.3 is 24.6 Å². The van der Waals surface area contributed by atoms with Crippen LogP contribution in [0.1, 0.15) is 59.7 Å². The van der Waals surface area contributed by atoms with Crippen molar-refractivity contribution >= 4 is 23.5 Å². The minimum atomic E-state index is -0.564. The van der Waals surface area contributed by atoms with E-state index in [2.05, 4.69) is 20.2 Å². The van der Waals surface area contributed by atoms with Gasteiger partial charge in [0.05, 0.1) is 25.5 Å². The molecule has 0 aliphatic carbocycles. The summed E-state index contributed by atoms with van der Waals surface area (Å²) in [6, 6.07) is 8.96. The number of anilines is 3. The van der Waals surface area contributed by atoms with Crippen molar-refractivity contribution in [2.24, 2.45) is 0 Å². The third kappa shape index (κ3) is 8.50. The van der Waals surface area contributed by atoms with Crippen molar-refractivity contribution in [3.8, 4) is 11.4 Å². The van der Waals surface area contributed by atoms with Crippen LogP contribution in [-0.4, -0.2) is 69.4 Å². The Hall–Kier alpha value is -3.99. The predicted octanol–water partition coefficient (Wildman–Crippen LogP) is 5.15. The quantitative estimate of drug-likeness (QED) is 0.441. The van der Waals surface area contributed by atoms with Crippen molar-refractivity contribution < 1.29 is 14.3 Å². The number of aromatic nitrogens is 4. The molecule has 5 rings (SSSR count). The summed E-state index contributed by atoms with van der Waals surface area (Å²) in [6.45, 7) is 17.3. The Balaban J connectivity index is 0.00000111. The zero-order valence-corrected chi connectivity index (χ0v) is 25.3. The van der Waals surface area contributed by atoms with Crippen molar-refractivity contribution in [2.45, 2.75) is 67.0 Å². The standard InChI is InChI=1S/C26H31N7O4.2C2H6/c1-26(2,3)37-25(35)33-11-9-19-20(16-33)29-22(31-23(19)32-12-14-36-15-13-32)17-4-6-18(7-5-17)28-24-27-10-8-21(34)30-24;2*1-2/h4-8,10H,9,11-16H2,1-3H3,(H2,27,28,30,34);2*1-2H3. The number of nitrogens with one attached hydrogen (secondary N) is 2. The van der Waals surface area contributed by atoms with Gasteiger partial charge >= 0.3 is 6.09 Å². The Kier molecular flexibility index (Phi) is 11.2. The first-order chi connectivity index (χ1) is 19.7. The number of H-pyrrole nitrogens is 1. The van der Waals surface area contributed by atoms with Gasteiger partial charge in [-0.05, 0) is 51.5 Å². The van der Waals surface area contributed by atoms with E-state index >= 15 is 0 Å². The van der Waals surface area contributed by atoms with Crippen molar-refractivity contribution in [3.63, 3.8) is 0 Å². The lowest BCUT2D eigenvalue weighted by molar-refractivity contribution is 0.0221. The number of nitrogens with zero attached hydrogens (tertiary/aromatic N) is 5. The Bertz CT molecular complexity index is 1330. The SMILES string of the molecule is CC.CC.CC(C)(C)OC(=O)N1CCc2c(nc(-c3ccc(Nc4nccc(=O)[nH]4)cc3)nc2N2CCOCC2)C1. The number of benzene rings is 1. The molecule has 1 fully saturated rings. The highest BCUT2D eigenvalue weighted by Gasteiger charge is 2.30. The zero-order valence-electron chi connectivity index (χ0n) is 25.3. The molecule has 0 spiro atoms. The van der Waals surface area contributed by atoms with Crippen molar-refractivity contribution in [1.82, 2.24) is 24.8 Å². The number of hydrogen-bond donors (Lipinski definition) is 2. The summed E-state index contributed by atoms with van der Waals surface area (Å²) < 4.78 is 11.2. The molecule has 0 saturated carbocycles. The highest BCUT2D eigenvalue weighted by molar-refractivity contribution is 5.70. The molecule has 2 aliphatic heterocycles. The molecule has 1 aromatic carbocycles. The lowest BCUT2D eigenvalue weighted by Gasteiger charge is -2.34. The van der Waals surface area contributed by atoms with Crippen LogP contribution in [0.5, 0.6) is 0 Å². The molecule has 11 heteroatoms. The maximum absolute atomic E-state index is 12.8. The lowest BCUT2D eigenvalue weighted by Crippen LogP contribution is -2.42. The summed E-state index contributed by atoms with van der Waals surface area (Å²) in [5, 5.41) is 3.09. The highest BCUT2D eigenvalue weighted by Crippen LogP contribution is 2.31. The van der Waals surface area contributed by atoms with E-state index in [4.69, 9.17) is 19.4 Å². The minimum Gasteiger partial charge on any atom is -0.444 e. The third-order valence-corrected chi connectivity index (χ3v) is 6.08. The van der Waals surface area contributed by atoms with Gasteiger partial charge in [-0.3, -0.25) is 9.78 Å². The van der Waals surface area contributed by atoms with Gasteiger partial charge in [0.15, 0.2) is 5.82 Å². The van der Waals surface area contributed by atoms with Crippen LogP contribution >= 0.6 is 0 Å². The Morgan fingerprint density at radius 2 is 1.68 bits per heavy atom. The second-order valence-electron chi connectivity index (χ2n) is 10.0. The van der Waals surface area contributed by atoms with Crippen LogP contribution in [0.2, 0.25) is 0 Å². The molecule has 222 valence electrons. The molecule has 4 heterocycles. The molecule has 41 heavy (non-hydrogen) atoms. The fourth-order valence-corrected chi connectivity index (χ4v) is 4.33. The topological polar surface area (TPSA) is 126 Å². The number of morpholine rings is 1. The fraction of sp³-hybridized carbons (Fsp3) is 0.500. The molecule has 2 N–H and O–H groups in total. The second-order valence-corrected chi connectivity index (χ2v) is 10.0. The number of rotatable bonds is 4. The number of hydrogen-bond acceptors (Lipinski definition) is 9. The van der Waals surface area contributed by atoms with Gasteiger partial charge in [-0.25, -0.2) is 19.7 Å². The Labute approximate surface area is 242 Å². The summed E-state index contributed by atoms with van der Waals surface area (Å²) in [7, 11) is 0. The zero-order chi connectivity index (χ0) is 30.0. The smallest absolute Gasteiger partial charge is 0.410 e. The van der Waals surface area contributed by atoms with Gasteiger partial charge in [-0.15, -0.1) is 0 Å². The van der Waals surface area contributed by atoms with Gasteiger partial charge in [0, 0.05) is 48.7 Å². The molecule has 0 bridgehead atoms. The molecule has 3 aromatic rings. The van der Waals surface area contributed by atoms with Crippen LogP contribution in [0, 0.1) is 0 Å². The molecular formula is C30H43N7O4. The maximum Gasteiger partial charge on any atom is 0.410 e. The van der Waals surface area contributed by atoms with Gasteiger partial charge in [-0.2, -0.15) is 0 Å². The van der Waals surface area contributed by atoms with E-state index < -0.39 is 5.60 Å². The van der Waals surface area contributed by atoms with Crippen LogP contribution in [0.25, 0.3) is 11.4 Å². The van der Waals surface area contributed by atoms with Crippen molar-refractivity contribution in [3.05, 3.63) is 58.1 Å². The van der Waals surface area contributed by atoms with E-state index in [-0.39, 0.29) is 11.7 Å². The number of fused-ring (bicyclic) bond motifs is 1. The summed E-state index contributed by atoms with van der Waals surface area (Å²) >= 11 is 0. The van der Waals surface area contributed by atoms with Crippen LogP contribution in [0.4, 0.5) is 22.2 Å². The average molecular weight is 566 g/mol. The van der Waals surface area contributed by atoms with Crippen LogP contribution in [0.3, 0.4) is 0 Å². The van der Waals surface area contributed by atoms with E-state index in [1.54, 1.807) is 4.90 Å². The largest absolute Gasteiger partial charge is 0.444 e. The summed E-state index contributed by atoms with van der Waals surface area (Å²) in [5.74, 6) is 1.85. The number of carbonyl (C=O) groups excluding carboxylic acids is 1. The summed E-state index contributed by atoms with van der Waals surface area (Å²) in [4.78, 5) is 44.9. The molecule has 0 unspecified atom stereocenters. The van der Waals surface area contributed by atoms with Gasteiger partial charge in [0.2, 0.25) is 5.95 Å². The second kappa shape index (κ2) is 14.6. The van der Waals surface area contributed by atoms with Crippen molar-refractivity contribution in [2.75, 3.05) is 43.1 Å². The van der Waals surface area contributed by atoms with Gasteiger partial charge in [0.25, 0.3) is 5.56 Å². The molecule has 2 aliphatic rings. The monoisotopic (exact) mass is 565 g/mol. The number of carbonyl (C=O) groups is 1. The van der Waals surface area contributed by atoms with Gasteiger partial charge in [-0.1, -0.05) is 27.7 Å². The lowest BCUT2D eigenvalue weighted by atomic mass is 10.0. The van der Waals surface area contributed by atoms with E-state index in [0.717, 1.165) is 41.4 Å². The molecule has 11 nitrogen and oxygen atoms in total. The first-order valence-corrected chi connectivity index (χ1v) is 14.4. The number of ether oxygens (including phenoxy) is 2. The van der Waals surface area contributed by atoms with Crippen LogP contribution in [-0.2, 0) is 22.4 Å². The normalized spacial score (nSPS) is 14.5. The summed E-state index contributed by atoms with van der Waals surface area (Å²) in [5.41, 5.74) is 2.71. The molecular weight excluding hydrogens is 522 g/mol. The van der Waals surface area contributed by atoms with E-state index in [0.29, 0.717) is 44.5 Å². The van der Waals surface area contributed by atoms with Crippen molar-refractivity contribution in [1.29, 1.82) is 0 Å².